The molecule has 9 rings (SSSR count). The lowest BCUT2D eigenvalue weighted by Gasteiger charge is -2.42. The lowest BCUT2D eigenvalue weighted by atomic mass is 9.73. The monoisotopic (exact) mass is 1320 g/mol. The average Bonchev–Trinajstić information content (AvgIpc) is 1.21. The van der Waals surface area contributed by atoms with Gasteiger partial charge in [-0.05, 0) is 75.1 Å². The van der Waals surface area contributed by atoms with Crippen LogP contribution in [0.5, 0.6) is 11.5 Å². The van der Waals surface area contributed by atoms with Crippen LogP contribution < -0.4 is 32.7 Å². The predicted molar refractivity (Wildman–Crippen MR) is 335 cm³/mol. The van der Waals surface area contributed by atoms with Gasteiger partial charge in [0, 0.05) is 119 Å². The van der Waals surface area contributed by atoms with Crippen LogP contribution in [0.15, 0.2) is 54.6 Å². The molecule has 9 amide bonds. The standard InChI is InChI=1S/C65H82N10O20/c1-33(2)53(71-45(77)15-8-7-9-23-75-46(78)20-21-47(75)79)60(85)70-41(14-11-22-68-63(67)86)59(84)69-37-18-16-35(17-19-37)31-91-64(87)72(4)24-25-73(5)65(88)92-32-43(76)36-28-39-50(57(83)52-51(55(39)81)54(80)38-12-10-13-40(66)49(38)56(52)82)44(29-36)94-48-30-42-58(34(3)93-48)95-61-62(89-6)90-27-26-74(42)61/h10,12-13,16-21,33-34,36,41-42,44,48,53,58,61-62,81,83H,7-9,11,14-15,22-32,66H2,1-6H3,(H,69,84)(H,70,85)(H,71,77)(H3,67,68,86)/t34-,36+,41-,42-,44-,48?,53-,58+,61+,62-/m0/s1. The molecule has 95 heavy (non-hydrogen) atoms. The summed E-state index contributed by atoms with van der Waals surface area (Å²) < 4.78 is 41.7. The molecule has 0 radical (unpaired) electrons. The number of methoxy groups -OCH3 is 1. The van der Waals surface area contributed by atoms with Crippen molar-refractivity contribution in [2.24, 2.45) is 17.6 Å². The van der Waals surface area contributed by atoms with Gasteiger partial charge in [0.05, 0.1) is 35.5 Å². The number of likely N-dealkylation sites (N-methyl/N-ethyl adjacent to an activating group) is 2. The van der Waals surface area contributed by atoms with Gasteiger partial charge in [-0.2, -0.15) is 0 Å². The number of aromatic hydroxyl groups is 2. The fraction of sp³-hybridized carbons (Fsp3) is 0.523. The number of ether oxygens (including phenoxy) is 7. The topological polar surface area (TPSA) is 406 Å². The number of hydrogen-bond acceptors (Lipinski definition) is 22. The molecule has 3 aromatic carbocycles. The number of Topliss-reactive ketones (excluding diaryl/α,β-unsaturated/α-hetero) is 1. The molecule has 30 heteroatoms. The highest BCUT2D eigenvalue weighted by Crippen LogP contribution is 2.52. The second-order valence-corrected chi connectivity index (χ2v) is 24.7. The van der Waals surface area contributed by atoms with Crippen molar-refractivity contribution in [3.8, 4) is 11.5 Å². The van der Waals surface area contributed by atoms with Gasteiger partial charge in [0.1, 0.15) is 36.3 Å². The van der Waals surface area contributed by atoms with Gasteiger partial charge in [0.15, 0.2) is 42.8 Å². The number of imide groups is 1. The first-order valence-corrected chi connectivity index (χ1v) is 31.6. The van der Waals surface area contributed by atoms with Crippen molar-refractivity contribution < 1.29 is 96.1 Å². The zero-order chi connectivity index (χ0) is 68.5. The summed E-state index contributed by atoms with van der Waals surface area (Å²) in [4.78, 5) is 150. The maximum absolute atomic E-state index is 14.2. The normalized spacial score (nSPS) is 22.5. The maximum atomic E-state index is 14.2. The molecule has 0 bridgehead atoms. The van der Waals surface area contributed by atoms with Gasteiger partial charge in [-0.15, -0.1) is 0 Å². The van der Waals surface area contributed by atoms with Crippen LogP contribution in [0.25, 0.3) is 0 Å². The number of phenolic OH excluding ortho intramolecular Hbond substituents is 2. The molecule has 2 aliphatic carbocycles. The van der Waals surface area contributed by atoms with Crippen LogP contribution in [0, 0.1) is 11.8 Å². The lowest BCUT2D eigenvalue weighted by molar-refractivity contribution is -0.254. The van der Waals surface area contributed by atoms with Crippen LogP contribution in [-0.2, 0) is 75.0 Å². The Balaban J connectivity index is 0.759. The van der Waals surface area contributed by atoms with E-state index in [2.05, 4.69) is 26.2 Å². The van der Waals surface area contributed by atoms with Crippen molar-refractivity contribution in [2.45, 2.75) is 140 Å². The molecule has 10 N–H and O–H groups in total. The fourth-order valence-electron chi connectivity index (χ4n) is 12.7. The van der Waals surface area contributed by atoms with Gasteiger partial charge >= 0.3 is 18.2 Å². The molecule has 3 aromatic rings. The first-order chi connectivity index (χ1) is 45.3. The largest absolute Gasteiger partial charge is 0.507 e. The van der Waals surface area contributed by atoms with E-state index < -0.39 is 132 Å². The van der Waals surface area contributed by atoms with Gasteiger partial charge in [0.2, 0.25) is 17.7 Å². The number of carbonyl (C=O) groups excluding carboxylic acids is 11. The molecule has 10 atom stereocenters. The molecule has 3 saturated heterocycles. The Morgan fingerprint density at radius 2 is 1.51 bits per heavy atom. The first kappa shape index (κ1) is 70.3. The number of primary amides is 1. The number of rotatable bonds is 27. The molecule has 6 aliphatic rings. The smallest absolute Gasteiger partial charge is 0.409 e. The van der Waals surface area contributed by atoms with Crippen molar-refractivity contribution in [3.05, 3.63) is 93.6 Å². The SMILES string of the molecule is CO[C@H]1OCCN2[C@@H]1O[C@@H]1[C@H](C)OC(O[C@H]3C[C@H](C(=O)COC(=O)N(C)CCN(C)C(=O)OCc4ccc(NC(=O)[C@H](CCCNC(N)=O)NC(=O)[C@@H](NC(=O)CCCCCN5C(=O)C=CC5=O)C(C)C)cc4)Cc4c(O)c5c(c(O)c43)C(=O)c3c(N)cccc3C5=O)C[C@@H]12. The number of urea groups is 1. The summed E-state index contributed by atoms with van der Waals surface area (Å²) in [5.41, 5.74) is 11.2. The van der Waals surface area contributed by atoms with Crippen molar-refractivity contribution in [1.82, 2.24) is 35.6 Å². The number of nitrogens with two attached hydrogens (primary N) is 2. The number of nitrogens with one attached hydrogen (secondary N) is 4. The Morgan fingerprint density at radius 1 is 0.811 bits per heavy atom. The maximum Gasteiger partial charge on any atom is 0.409 e. The Hall–Kier alpha value is -9.07. The Morgan fingerprint density at radius 3 is 2.19 bits per heavy atom. The molecule has 3 fully saturated rings. The van der Waals surface area contributed by atoms with E-state index in [1.165, 1.54) is 56.5 Å². The number of hydrogen-bond donors (Lipinski definition) is 8. The van der Waals surface area contributed by atoms with Gasteiger partial charge in [-0.3, -0.25) is 48.2 Å². The molecule has 4 heterocycles. The van der Waals surface area contributed by atoms with Gasteiger partial charge in [-0.1, -0.05) is 44.5 Å². The number of nitrogens with zero attached hydrogens (tertiary/aromatic N) is 4. The van der Waals surface area contributed by atoms with Gasteiger partial charge in [0.25, 0.3) is 11.8 Å². The summed E-state index contributed by atoms with van der Waals surface area (Å²) in [6.45, 7) is 5.53. The van der Waals surface area contributed by atoms with Crippen LogP contribution in [0.3, 0.4) is 0 Å². The van der Waals surface area contributed by atoms with Crippen molar-refractivity contribution in [2.75, 3.05) is 78.2 Å². The Labute approximate surface area is 547 Å². The van der Waals surface area contributed by atoms with Crippen LogP contribution in [-0.4, -0.2) is 211 Å². The minimum Gasteiger partial charge on any atom is -0.507 e. The number of anilines is 2. The third kappa shape index (κ3) is 16.2. The molecule has 30 nitrogen and oxygen atoms in total. The average molecular weight is 1320 g/mol. The van der Waals surface area contributed by atoms with E-state index in [4.69, 9.17) is 44.6 Å². The summed E-state index contributed by atoms with van der Waals surface area (Å²) in [7, 11) is 4.38. The van der Waals surface area contributed by atoms with E-state index in [-0.39, 0.29) is 129 Å². The summed E-state index contributed by atoms with van der Waals surface area (Å²) in [6.07, 6.45) is -1.70. The quantitative estimate of drug-likeness (QED) is 0.0184. The van der Waals surface area contributed by atoms with Gasteiger partial charge in [-0.25, -0.2) is 14.4 Å². The first-order valence-electron chi connectivity index (χ1n) is 31.6. The van der Waals surface area contributed by atoms with Crippen LogP contribution in [0.2, 0.25) is 0 Å². The number of morpholine rings is 1. The molecular formula is C65H82N10O20. The van der Waals surface area contributed by atoms with E-state index in [1.54, 1.807) is 38.1 Å². The minimum absolute atomic E-state index is 0.00166. The number of fused-ring (bicyclic) bond motifs is 6. The number of unbranched alkanes of at least 4 members (excludes halogenated alkanes) is 2. The molecule has 1 unspecified atom stereocenters. The highest BCUT2D eigenvalue weighted by molar-refractivity contribution is 6.32. The number of benzene rings is 3. The van der Waals surface area contributed by atoms with Crippen molar-refractivity contribution in [3.63, 3.8) is 0 Å². The highest BCUT2D eigenvalue weighted by atomic mass is 16.7. The number of carbonyl (C=O) groups is 11. The van der Waals surface area contributed by atoms with Crippen molar-refractivity contribution in [1.29, 1.82) is 0 Å². The van der Waals surface area contributed by atoms with Gasteiger partial charge < -0.3 is 85.9 Å². The third-order valence-electron chi connectivity index (χ3n) is 17.8. The summed E-state index contributed by atoms with van der Waals surface area (Å²) in [5.74, 6) is -7.13. The summed E-state index contributed by atoms with van der Waals surface area (Å²) >= 11 is 0. The summed E-state index contributed by atoms with van der Waals surface area (Å²) in [5, 5.41) is 34.9. The lowest BCUT2D eigenvalue weighted by Crippen LogP contribution is -2.55. The molecule has 0 aromatic heterocycles. The molecule has 0 saturated carbocycles. The number of phenols is 2. The van der Waals surface area contributed by atoms with E-state index in [9.17, 15) is 63.0 Å². The highest BCUT2D eigenvalue weighted by Gasteiger charge is 2.54. The third-order valence-corrected chi connectivity index (χ3v) is 17.8. The van der Waals surface area contributed by atoms with E-state index >= 15 is 0 Å². The van der Waals surface area contributed by atoms with Crippen molar-refractivity contribution >= 4 is 76.5 Å². The molecular weight excluding hydrogens is 1240 g/mol. The number of amides is 9. The van der Waals surface area contributed by atoms with E-state index in [0.29, 0.717) is 43.7 Å². The second-order valence-electron chi connectivity index (χ2n) is 24.7. The number of nitrogen functional groups attached to an aromatic ring is 1. The van der Waals surface area contributed by atoms with Crippen LogP contribution in [0.4, 0.5) is 25.8 Å². The van der Waals surface area contributed by atoms with E-state index in [1.807, 2.05) is 6.92 Å². The number of ketones is 3. The molecule has 0 spiro atoms. The van der Waals surface area contributed by atoms with Crippen LogP contribution in [0.1, 0.15) is 127 Å². The zero-order valence-corrected chi connectivity index (χ0v) is 53.8. The van der Waals surface area contributed by atoms with E-state index in [0.717, 1.165) is 9.80 Å². The molecule has 4 aliphatic heterocycles. The Bertz CT molecular complexity index is 3470. The summed E-state index contributed by atoms with van der Waals surface area (Å²) in [6, 6.07) is 7.54. The molecule has 512 valence electrons. The predicted octanol–water partition coefficient (Wildman–Crippen LogP) is 3.01. The zero-order valence-electron chi connectivity index (χ0n) is 53.8. The van der Waals surface area contributed by atoms with Crippen LogP contribution >= 0.6 is 0 Å². The second kappa shape index (κ2) is 31.0. The fourth-order valence-corrected chi connectivity index (χ4v) is 12.7. The minimum atomic E-state index is -1.21. The Kier molecular flexibility index (Phi) is 22.9.